The van der Waals surface area contributed by atoms with Gasteiger partial charge in [-0.3, -0.25) is 19.3 Å². The van der Waals surface area contributed by atoms with E-state index >= 15 is 0 Å². The SMILES string of the molecule is CC1CCN(C(=O)Cn2cc(/C=C3\SC(=O)N(Cc4ccccc4F)C3=O)c3cc(Br)ccc32)CC1. The Morgan fingerprint density at radius 1 is 1.17 bits per heavy atom. The molecule has 3 amide bonds. The Labute approximate surface area is 221 Å². The van der Waals surface area contributed by atoms with Gasteiger partial charge in [0.2, 0.25) is 5.91 Å². The third-order valence-corrected chi connectivity index (χ3v) is 8.16. The zero-order valence-corrected chi connectivity index (χ0v) is 22.1. The van der Waals surface area contributed by atoms with Crippen molar-refractivity contribution in [3.63, 3.8) is 0 Å². The van der Waals surface area contributed by atoms with Crippen LogP contribution < -0.4 is 0 Å². The molecule has 0 spiro atoms. The lowest BCUT2D eigenvalue weighted by molar-refractivity contribution is -0.133. The molecule has 0 unspecified atom stereocenters. The van der Waals surface area contributed by atoms with Gasteiger partial charge in [-0.05, 0) is 60.9 Å². The van der Waals surface area contributed by atoms with Crippen molar-refractivity contribution in [3.05, 3.63) is 75.0 Å². The van der Waals surface area contributed by atoms with Crippen molar-refractivity contribution in [1.29, 1.82) is 0 Å². The zero-order chi connectivity index (χ0) is 25.4. The van der Waals surface area contributed by atoms with E-state index in [1.54, 1.807) is 24.3 Å². The first-order valence-electron chi connectivity index (χ1n) is 11.8. The second-order valence-electron chi connectivity index (χ2n) is 9.30. The molecule has 0 atom stereocenters. The molecule has 2 aliphatic heterocycles. The fourth-order valence-electron chi connectivity index (χ4n) is 4.62. The van der Waals surface area contributed by atoms with Crippen molar-refractivity contribution in [3.8, 4) is 0 Å². The topological polar surface area (TPSA) is 62.6 Å². The molecule has 0 bridgehead atoms. The highest BCUT2D eigenvalue weighted by Crippen LogP contribution is 2.36. The summed E-state index contributed by atoms with van der Waals surface area (Å²) in [6.45, 7) is 3.84. The van der Waals surface area contributed by atoms with Crippen LogP contribution in [0.2, 0.25) is 0 Å². The molecule has 186 valence electrons. The Balaban J connectivity index is 1.42. The summed E-state index contributed by atoms with van der Waals surface area (Å²) in [6, 6.07) is 11.9. The maximum Gasteiger partial charge on any atom is 0.293 e. The molecule has 2 saturated heterocycles. The number of hydrogen-bond acceptors (Lipinski definition) is 4. The lowest BCUT2D eigenvalue weighted by atomic mass is 9.99. The van der Waals surface area contributed by atoms with Crippen molar-refractivity contribution in [2.24, 2.45) is 5.92 Å². The molecular weight excluding hydrogens is 545 g/mol. The van der Waals surface area contributed by atoms with E-state index in [1.807, 2.05) is 33.9 Å². The summed E-state index contributed by atoms with van der Waals surface area (Å²) in [5, 5.41) is 0.430. The number of rotatable bonds is 5. The van der Waals surface area contributed by atoms with E-state index in [0.717, 1.165) is 63.5 Å². The van der Waals surface area contributed by atoms with Crippen LogP contribution in [0.3, 0.4) is 0 Å². The maximum atomic E-state index is 14.1. The maximum absolute atomic E-state index is 14.1. The number of carbonyl (C=O) groups excluding carboxylic acids is 3. The molecule has 9 heteroatoms. The third-order valence-electron chi connectivity index (χ3n) is 6.76. The molecule has 0 saturated carbocycles. The second kappa shape index (κ2) is 10.2. The number of fused-ring (bicyclic) bond motifs is 1. The van der Waals surface area contributed by atoms with Crippen LogP contribution in [0.15, 0.2) is 58.0 Å². The number of benzene rings is 2. The summed E-state index contributed by atoms with van der Waals surface area (Å²) in [5.74, 6) is -0.207. The number of aromatic nitrogens is 1. The van der Waals surface area contributed by atoms with Gasteiger partial charge in [-0.2, -0.15) is 0 Å². The van der Waals surface area contributed by atoms with Gasteiger partial charge in [0.25, 0.3) is 11.1 Å². The van der Waals surface area contributed by atoms with Gasteiger partial charge in [-0.25, -0.2) is 4.39 Å². The smallest absolute Gasteiger partial charge is 0.293 e. The zero-order valence-electron chi connectivity index (χ0n) is 19.7. The van der Waals surface area contributed by atoms with Crippen LogP contribution in [0.1, 0.15) is 30.9 Å². The van der Waals surface area contributed by atoms with Crippen LogP contribution in [0, 0.1) is 11.7 Å². The minimum atomic E-state index is -0.457. The van der Waals surface area contributed by atoms with Gasteiger partial charge in [0.15, 0.2) is 0 Å². The number of likely N-dealkylation sites (tertiary alicyclic amines) is 1. The number of piperidine rings is 1. The Hall–Kier alpha value is -2.91. The average molecular weight is 570 g/mol. The van der Waals surface area contributed by atoms with E-state index in [-0.39, 0.29) is 29.5 Å². The molecule has 2 aliphatic rings. The number of nitrogens with zero attached hydrogens (tertiary/aromatic N) is 3. The number of carbonyl (C=O) groups is 3. The van der Waals surface area contributed by atoms with Crippen LogP contribution in [0.4, 0.5) is 9.18 Å². The van der Waals surface area contributed by atoms with Crippen LogP contribution in [0.25, 0.3) is 17.0 Å². The summed E-state index contributed by atoms with van der Waals surface area (Å²) in [7, 11) is 0. The van der Waals surface area contributed by atoms with Crippen LogP contribution >= 0.6 is 27.7 Å². The van der Waals surface area contributed by atoms with Crippen LogP contribution in [0.5, 0.6) is 0 Å². The molecule has 0 aliphatic carbocycles. The van der Waals surface area contributed by atoms with E-state index in [0.29, 0.717) is 5.92 Å². The van der Waals surface area contributed by atoms with Gasteiger partial charge < -0.3 is 9.47 Å². The Morgan fingerprint density at radius 3 is 2.67 bits per heavy atom. The fourth-order valence-corrected chi connectivity index (χ4v) is 5.81. The van der Waals surface area contributed by atoms with Gasteiger partial charge in [0.1, 0.15) is 12.4 Å². The van der Waals surface area contributed by atoms with Crippen molar-refractivity contribution < 1.29 is 18.8 Å². The molecule has 5 rings (SSSR count). The molecule has 6 nitrogen and oxygen atoms in total. The van der Waals surface area contributed by atoms with Gasteiger partial charge in [-0.15, -0.1) is 0 Å². The van der Waals surface area contributed by atoms with Crippen molar-refractivity contribution >= 4 is 61.7 Å². The largest absolute Gasteiger partial charge is 0.341 e. The van der Waals surface area contributed by atoms with E-state index < -0.39 is 17.0 Å². The van der Waals surface area contributed by atoms with Gasteiger partial charge in [0.05, 0.1) is 11.4 Å². The fraction of sp³-hybridized carbons (Fsp3) is 0.296. The summed E-state index contributed by atoms with van der Waals surface area (Å²) >= 11 is 4.35. The molecule has 0 radical (unpaired) electrons. The first-order valence-corrected chi connectivity index (χ1v) is 13.5. The lowest BCUT2D eigenvalue weighted by Crippen LogP contribution is -2.39. The number of amides is 3. The Bertz CT molecular complexity index is 1390. The highest BCUT2D eigenvalue weighted by atomic mass is 79.9. The lowest BCUT2D eigenvalue weighted by Gasteiger charge is -2.30. The van der Waals surface area contributed by atoms with E-state index in [1.165, 1.54) is 6.07 Å². The Morgan fingerprint density at radius 2 is 1.92 bits per heavy atom. The standard InChI is InChI=1S/C27H25BrFN3O3S/c1-17-8-10-30(11-9-17)25(33)16-31-14-19(21-13-20(28)6-7-23(21)31)12-24-26(34)32(27(35)36-24)15-18-4-2-3-5-22(18)29/h2-7,12-14,17H,8-11,15-16H2,1H3/b24-12-. The van der Waals surface area contributed by atoms with E-state index in [9.17, 15) is 18.8 Å². The average Bonchev–Trinajstić information content (AvgIpc) is 3.31. The van der Waals surface area contributed by atoms with Crippen molar-refractivity contribution in [2.75, 3.05) is 13.1 Å². The first-order chi connectivity index (χ1) is 17.3. The molecule has 2 aromatic carbocycles. The quantitative estimate of drug-likeness (QED) is 0.351. The van der Waals surface area contributed by atoms with E-state index in [4.69, 9.17) is 0 Å². The van der Waals surface area contributed by atoms with Gasteiger partial charge in [0, 0.05) is 45.8 Å². The summed E-state index contributed by atoms with van der Waals surface area (Å²) in [6.07, 6.45) is 5.56. The summed E-state index contributed by atoms with van der Waals surface area (Å²) in [4.78, 5) is 41.9. The van der Waals surface area contributed by atoms with Crippen molar-refractivity contribution in [1.82, 2.24) is 14.4 Å². The number of thioether (sulfide) groups is 1. The van der Waals surface area contributed by atoms with Crippen molar-refractivity contribution in [2.45, 2.75) is 32.9 Å². The monoisotopic (exact) mass is 569 g/mol. The number of imide groups is 1. The molecule has 3 aromatic rings. The van der Waals surface area contributed by atoms with Crippen LogP contribution in [-0.2, 0) is 22.7 Å². The highest BCUT2D eigenvalue weighted by Gasteiger charge is 2.35. The van der Waals surface area contributed by atoms with E-state index in [2.05, 4.69) is 22.9 Å². The first kappa shape index (κ1) is 24.8. The molecule has 0 N–H and O–H groups in total. The minimum Gasteiger partial charge on any atom is -0.341 e. The third kappa shape index (κ3) is 4.99. The van der Waals surface area contributed by atoms with Gasteiger partial charge in [-0.1, -0.05) is 41.1 Å². The molecular formula is C27H25BrFN3O3S. The minimum absolute atomic E-state index is 0.0680. The second-order valence-corrected chi connectivity index (χ2v) is 11.2. The molecule has 1 aromatic heterocycles. The highest BCUT2D eigenvalue weighted by molar-refractivity contribution is 9.10. The predicted octanol–water partition coefficient (Wildman–Crippen LogP) is 6.04. The number of halogens is 2. The van der Waals surface area contributed by atoms with Crippen LogP contribution in [-0.4, -0.2) is 44.5 Å². The number of hydrogen-bond donors (Lipinski definition) is 0. The normalized spacial score (nSPS) is 18.1. The summed E-state index contributed by atoms with van der Waals surface area (Å²) < 4.78 is 16.9. The summed E-state index contributed by atoms with van der Waals surface area (Å²) in [5.41, 5.74) is 1.89. The Kier molecular flexibility index (Phi) is 7.03. The molecule has 36 heavy (non-hydrogen) atoms. The predicted molar refractivity (Wildman–Crippen MR) is 143 cm³/mol. The molecule has 3 heterocycles. The van der Waals surface area contributed by atoms with Gasteiger partial charge >= 0.3 is 0 Å². The molecule has 2 fully saturated rings.